The molecule has 1 aromatic carbocycles. The number of Topliss-reactive ketones (excluding diaryl/α,β-unsaturated/α-hetero) is 1. The predicted molar refractivity (Wildman–Crippen MR) is 52.6 cm³/mol. The van der Waals surface area contributed by atoms with Crippen LogP contribution in [0.15, 0.2) is 18.2 Å². The lowest BCUT2D eigenvalue weighted by molar-refractivity contribution is 0.0988. The van der Waals surface area contributed by atoms with Gasteiger partial charge in [-0.1, -0.05) is 18.5 Å². The SMILES string of the molecule is CCC(=O)c1ccc(OC)c(Cl)c1. The van der Waals surface area contributed by atoms with E-state index in [0.717, 1.165) is 0 Å². The summed E-state index contributed by atoms with van der Waals surface area (Å²) in [6.45, 7) is 1.82. The van der Waals surface area contributed by atoms with Crippen LogP contribution in [-0.4, -0.2) is 12.9 Å². The van der Waals surface area contributed by atoms with Crippen LogP contribution < -0.4 is 4.74 Å². The van der Waals surface area contributed by atoms with Crippen LogP contribution in [0.2, 0.25) is 5.02 Å². The average molecular weight is 199 g/mol. The molecule has 0 aliphatic rings. The minimum absolute atomic E-state index is 0.0875. The molecule has 2 nitrogen and oxygen atoms in total. The number of carbonyl (C=O) groups excluding carboxylic acids is 1. The first kappa shape index (κ1) is 10.1. The molecule has 1 aromatic rings. The molecule has 0 aliphatic heterocycles. The number of methoxy groups -OCH3 is 1. The molecule has 0 N–H and O–H groups in total. The van der Waals surface area contributed by atoms with Gasteiger partial charge in [-0.15, -0.1) is 0 Å². The van der Waals surface area contributed by atoms with Crippen LogP contribution >= 0.6 is 11.6 Å². The van der Waals surface area contributed by atoms with Gasteiger partial charge in [-0.2, -0.15) is 0 Å². The Morgan fingerprint density at radius 1 is 1.54 bits per heavy atom. The van der Waals surface area contributed by atoms with Crippen LogP contribution in [0.4, 0.5) is 0 Å². The highest BCUT2D eigenvalue weighted by Gasteiger charge is 2.06. The van der Waals surface area contributed by atoms with E-state index in [0.29, 0.717) is 22.8 Å². The van der Waals surface area contributed by atoms with Gasteiger partial charge in [0.15, 0.2) is 5.78 Å². The molecule has 0 bridgehead atoms. The first-order valence-corrected chi connectivity index (χ1v) is 4.43. The first-order chi connectivity index (χ1) is 6.19. The lowest BCUT2D eigenvalue weighted by Crippen LogP contribution is -1.96. The molecule has 0 unspecified atom stereocenters. The van der Waals surface area contributed by atoms with Crippen LogP contribution in [0.5, 0.6) is 5.75 Å². The highest BCUT2D eigenvalue weighted by Crippen LogP contribution is 2.25. The Balaban J connectivity index is 3.02. The third kappa shape index (κ3) is 2.22. The second kappa shape index (κ2) is 4.28. The number of hydrogen-bond acceptors (Lipinski definition) is 2. The van der Waals surface area contributed by atoms with Crippen molar-refractivity contribution in [3.8, 4) is 5.75 Å². The summed E-state index contributed by atoms with van der Waals surface area (Å²) in [6, 6.07) is 5.05. The molecule has 0 saturated carbocycles. The summed E-state index contributed by atoms with van der Waals surface area (Å²) in [5.41, 5.74) is 0.633. The van der Waals surface area contributed by atoms with Crippen molar-refractivity contribution in [2.45, 2.75) is 13.3 Å². The van der Waals surface area contributed by atoms with Crippen LogP contribution in [-0.2, 0) is 0 Å². The van der Waals surface area contributed by atoms with Crippen molar-refractivity contribution in [1.82, 2.24) is 0 Å². The second-order valence-electron chi connectivity index (χ2n) is 2.63. The fraction of sp³-hybridized carbons (Fsp3) is 0.300. The van der Waals surface area contributed by atoms with Gasteiger partial charge in [-0.05, 0) is 18.2 Å². The monoisotopic (exact) mass is 198 g/mol. The summed E-state index contributed by atoms with van der Waals surface area (Å²) < 4.78 is 4.97. The topological polar surface area (TPSA) is 26.3 Å². The van der Waals surface area contributed by atoms with E-state index < -0.39 is 0 Å². The quantitative estimate of drug-likeness (QED) is 0.698. The molecule has 0 radical (unpaired) electrons. The molecule has 70 valence electrons. The van der Waals surface area contributed by atoms with E-state index in [9.17, 15) is 4.79 Å². The number of benzene rings is 1. The number of carbonyl (C=O) groups is 1. The molecule has 0 atom stereocenters. The van der Waals surface area contributed by atoms with Crippen LogP contribution in [0.25, 0.3) is 0 Å². The average Bonchev–Trinajstić information content (AvgIpc) is 2.16. The molecule has 1 rings (SSSR count). The Kier molecular flexibility index (Phi) is 3.32. The van der Waals surface area contributed by atoms with Gasteiger partial charge < -0.3 is 4.74 Å². The van der Waals surface area contributed by atoms with Crippen molar-refractivity contribution in [2.75, 3.05) is 7.11 Å². The molecule has 13 heavy (non-hydrogen) atoms. The van der Waals surface area contributed by atoms with Gasteiger partial charge in [0.05, 0.1) is 12.1 Å². The predicted octanol–water partition coefficient (Wildman–Crippen LogP) is 2.94. The molecular weight excluding hydrogens is 188 g/mol. The fourth-order valence-electron chi connectivity index (χ4n) is 1.04. The molecule has 0 fully saturated rings. The second-order valence-corrected chi connectivity index (χ2v) is 3.03. The zero-order valence-corrected chi connectivity index (χ0v) is 8.39. The van der Waals surface area contributed by atoms with E-state index in [2.05, 4.69) is 0 Å². The largest absolute Gasteiger partial charge is 0.495 e. The standard InChI is InChI=1S/C10H11ClO2/c1-3-9(12)7-4-5-10(13-2)8(11)6-7/h4-6H,3H2,1-2H3. The maximum atomic E-state index is 11.3. The van der Waals surface area contributed by atoms with E-state index in [-0.39, 0.29) is 5.78 Å². The Bertz CT molecular complexity index is 321. The van der Waals surface area contributed by atoms with E-state index >= 15 is 0 Å². The van der Waals surface area contributed by atoms with E-state index in [4.69, 9.17) is 16.3 Å². The zero-order valence-electron chi connectivity index (χ0n) is 7.63. The lowest BCUT2D eigenvalue weighted by atomic mass is 10.1. The minimum Gasteiger partial charge on any atom is -0.495 e. The fourth-order valence-corrected chi connectivity index (χ4v) is 1.30. The third-order valence-corrected chi connectivity index (χ3v) is 2.09. The maximum absolute atomic E-state index is 11.3. The Hall–Kier alpha value is -1.02. The Labute approximate surface area is 82.5 Å². The van der Waals surface area contributed by atoms with Crippen molar-refractivity contribution >= 4 is 17.4 Å². The molecule has 0 aliphatic carbocycles. The van der Waals surface area contributed by atoms with Gasteiger partial charge in [-0.25, -0.2) is 0 Å². The smallest absolute Gasteiger partial charge is 0.162 e. The Morgan fingerprint density at radius 2 is 2.23 bits per heavy atom. The third-order valence-electron chi connectivity index (χ3n) is 1.79. The zero-order chi connectivity index (χ0) is 9.84. The number of halogens is 1. The number of ketones is 1. The molecule has 0 heterocycles. The molecule has 3 heteroatoms. The van der Waals surface area contributed by atoms with Gasteiger partial charge in [0.2, 0.25) is 0 Å². The minimum atomic E-state index is 0.0875. The van der Waals surface area contributed by atoms with Gasteiger partial charge in [0.25, 0.3) is 0 Å². The van der Waals surface area contributed by atoms with Crippen molar-refractivity contribution in [2.24, 2.45) is 0 Å². The van der Waals surface area contributed by atoms with E-state index in [1.807, 2.05) is 6.92 Å². The van der Waals surface area contributed by atoms with E-state index in [1.165, 1.54) is 0 Å². The van der Waals surface area contributed by atoms with Crippen molar-refractivity contribution in [3.63, 3.8) is 0 Å². The normalized spacial score (nSPS) is 9.77. The van der Waals surface area contributed by atoms with E-state index in [1.54, 1.807) is 25.3 Å². The maximum Gasteiger partial charge on any atom is 0.162 e. The van der Waals surface area contributed by atoms with Gasteiger partial charge in [0.1, 0.15) is 5.75 Å². The summed E-state index contributed by atoms with van der Waals surface area (Å²) in [6.07, 6.45) is 0.489. The summed E-state index contributed by atoms with van der Waals surface area (Å²) in [4.78, 5) is 11.3. The van der Waals surface area contributed by atoms with Gasteiger partial charge in [-0.3, -0.25) is 4.79 Å². The number of ether oxygens (including phenoxy) is 1. The highest BCUT2D eigenvalue weighted by molar-refractivity contribution is 6.32. The summed E-state index contributed by atoms with van der Waals surface area (Å²) in [5, 5.41) is 0.474. The first-order valence-electron chi connectivity index (χ1n) is 4.05. The molecule has 0 amide bonds. The molecular formula is C10H11ClO2. The van der Waals surface area contributed by atoms with Gasteiger partial charge in [0, 0.05) is 12.0 Å². The Morgan fingerprint density at radius 3 is 2.69 bits per heavy atom. The van der Waals surface area contributed by atoms with Crippen molar-refractivity contribution < 1.29 is 9.53 Å². The van der Waals surface area contributed by atoms with Crippen LogP contribution in [0.3, 0.4) is 0 Å². The lowest BCUT2D eigenvalue weighted by Gasteiger charge is -2.03. The van der Waals surface area contributed by atoms with Crippen LogP contribution in [0, 0.1) is 0 Å². The number of rotatable bonds is 3. The van der Waals surface area contributed by atoms with Gasteiger partial charge >= 0.3 is 0 Å². The number of hydrogen-bond donors (Lipinski definition) is 0. The summed E-state index contributed by atoms with van der Waals surface area (Å²) >= 11 is 5.85. The summed E-state index contributed by atoms with van der Waals surface area (Å²) in [5.74, 6) is 0.680. The van der Waals surface area contributed by atoms with Crippen LogP contribution in [0.1, 0.15) is 23.7 Å². The van der Waals surface area contributed by atoms with Crippen molar-refractivity contribution in [1.29, 1.82) is 0 Å². The van der Waals surface area contributed by atoms with Crippen molar-refractivity contribution in [3.05, 3.63) is 28.8 Å². The molecule has 0 aromatic heterocycles. The highest BCUT2D eigenvalue weighted by atomic mass is 35.5. The molecule has 0 saturated heterocycles. The summed E-state index contributed by atoms with van der Waals surface area (Å²) in [7, 11) is 1.54. The molecule has 0 spiro atoms.